The average Bonchev–Trinajstić information content (AvgIpc) is 2.22. The molecule has 3 heteroatoms. The van der Waals surface area contributed by atoms with Crippen molar-refractivity contribution in [2.24, 2.45) is 5.41 Å². The number of alkyl halides is 1. The SMILES string of the molecule is CC(=O)OCCCC1=C(C)CCC(Br)C1(C)C. The number of esters is 1. The molecule has 1 aliphatic carbocycles. The lowest BCUT2D eigenvalue weighted by atomic mass is 9.71. The number of rotatable bonds is 4. The molecular formula is C14H23BrO2. The summed E-state index contributed by atoms with van der Waals surface area (Å²) in [6.45, 7) is 8.84. The third-order valence-electron chi connectivity index (χ3n) is 3.73. The predicted octanol–water partition coefficient (Wildman–Crippen LogP) is 4.23. The highest BCUT2D eigenvalue weighted by atomic mass is 79.9. The van der Waals surface area contributed by atoms with Crippen molar-refractivity contribution in [3.05, 3.63) is 11.1 Å². The quantitative estimate of drug-likeness (QED) is 0.336. The molecule has 17 heavy (non-hydrogen) atoms. The molecule has 98 valence electrons. The molecule has 0 saturated carbocycles. The van der Waals surface area contributed by atoms with Gasteiger partial charge in [-0.05, 0) is 38.0 Å². The van der Waals surface area contributed by atoms with Gasteiger partial charge in [0.15, 0.2) is 0 Å². The van der Waals surface area contributed by atoms with Crippen LogP contribution in [0.2, 0.25) is 0 Å². The highest BCUT2D eigenvalue weighted by Gasteiger charge is 2.35. The summed E-state index contributed by atoms with van der Waals surface area (Å²) in [5.74, 6) is -0.183. The maximum Gasteiger partial charge on any atom is 0.302 e. The Hall–Kier alpha value is -0.310. The molecule has 1 atom stereocenters. The number of allylic oxidation sites excluding steroid dienone is 2. The van der Waals surface area contributed by atoms with E-state index in [4.69, 9.17) is 4.74 Å². The van der Waals surface area contributed by atoms with E-state index in [2.05, 4.69) is 36.7 Å². The van der Waals surface area contributed by atoms with Crippen LogP contribution in [0.5, 0.6) is 0 Å². The lowest BCUT2D eigenvalue weighted by Gasteiger charge is -2.39. The predicted molar refractivity (Wildman–Crippen MR) is 74.3 cm³/mol. The Morgan fingerprint density at radius 1 is 1.53 bits per heavy atom. The Balaban J connectivity index is 2.57. The third-order valence-corrected chi connectivity index (χ3v) is 5.33. The van der Waals surface area contributed by atoms with Crippen molar-refractivity contribution in [3.8, 4) is 0 Å². The summed E-state index contributed by atoms with van der Waals surface area (Å²) in [6.07, 6.45) is 4.36. The van der Waals surface area contributed by atoms with Gasteiger partial charge in [0.05, 0.1) is 6.61 Å². The fourth-order valence-corrected chi connectivity index (χ4v) is 3.10. The molecule has 0 aromatic heterocycles. The number of halogens is 1. The minimum absolute atomic E-state index is 0.183. The molecule has 1 aliphatic rings. The molecule has 0 radical (unpaired) electrons. The van der Waals surface area contributed by atoms with Gasteiger partial charge in [-0.25, -0.2) is 0 Å². The smallest absolute Gasteiger partial charge is 0.302 e. The zero-order valence-corrected chi connectivity index (χ0v) is 12.9. The Kier molecular flexibility index (Phi) is 5.23. The number of hydrogen-bond acceptors (Lipinski definition) is 2. The largest absolute Gasteiger partial charge is 0.466 e. The zero-order chi connectivity index (χ0) is 13.1. The first-order valence-electron chi connectivity index (χ1n) is 6.32. The van der Waals surface area contributed by atoms with Gasteiger partial charge in [-0.15, -0.1) is 0 Å². The van der Waals surface area contributed by atoms with Gasteiger partial charge in [-0.2, -0.15) is 0 Å². The summed E-state index contributed by atoms with van der Waals surface area (Å²) in [4.78, 5) is 11.3. The Morgan fingerprint density at radius 3 is 2.76 bits per heavy atom. The molecule has 0 heterocycles. The second-order valence-electron chi connectivity index (χ2n) is 5.43. The molecule has 0 bridgehead atoms. The molecule has 1 rings (SSSR count). The summed E-state index contributed by atoms with van der Waals surface area (Å²) < 4.78 is 4.99. The van der Waals surface area contributed by atoms with Gasteiger partial charge in [-0.1, -0.05) is 40.9 Å². The summed E-state index contributed by atoms with van der Waals surface area (Å²) in [5.41, 5.74) is 3.28. The Bertz CT molecular complexity index is 318. The lowest BCUT2D eigenvalue weighted by Crippen LogP contribution is -2.31. The Morgan fingerprint density at radius 2 is 2.18 bits per heavy atom. The molecule has 0 saturated heterocycles. The van der Waals surface area contributed by atoms with Crippen LogP contribution in [0.3, 0.4) is 0 Å². The summed E-state index contributed by atoms with van der Waals surface area (Å²) >= 11 is 3.79. The number of carbonyl (C=O) groups is 1. The van der Waals surface area contributed by atoms with E-state index in [1.807, 2.05) is 0 Å². The first-order chi connectivity index (χ1) is 7.85. The molecule has 0 aliphatic heterocycles. The van der Waals surface area contributed by atoms with Crippen LogP contribution in [0.15, 0.2) is 11.1 Å². The molecule has 2 nitrogen and oxygen atoms in total. The minimum atomic E-state index is -0.183. The summed E-state index contributed by atoms with van der Waals surface area (Å²) in [7, 11) is 0. The van der Waals surface area contributed by atoms with Gasteiger partial charge in [0.25, 0.3) is 0 Å². The second-order valence-corrected chi connectivity index (χ2v) is 6.54. The van der Waals surface area contributed by atoms with Crippen molar-refractivity contribution in [3.63, 3.8) is 0 Å². The van der Waals surface area contributed by atoms with E-state index in [1.54, 1.807) is 0 Å². The van der Waals surface area contributed by atoms with Gasteiger partial charge < -0.3 is 4.74 Å². The van der Waals surface area contributed by atoms with E-state index in [-0.39, 0.29) is 11.4 Å². The summed E-state index contributed by atoms with van der Waals surface area (Å²) in [6, 6.07) is 0. The van der Waals surface area contributed by atoms with Crippen LogP contribution >= 0.6 is 15.9 Å². The zero-order valence-electron chi connectivity index (χ0n) is 11.3. The topological polar surface area (TPSA) is 26.3 Å². The number of carbonyl (C=O) groups excluding carboxylic acids is 1. The monoisotopic (exact) mass is 302 g/mol. The third kappa shape index (κ3) is 3.84. The van der Waals surface area contributed by atoms with Crippen LogP contribution in [0, 0.1) is 5.41 Å². The first kappa shape index (κ1) is 14.7. The molecule has 0 aromatic rings. The van der Waals surface area contributed by atoms with Gasteiger partial charge >= 0.3 is 5.97 Å². The van der Waals surface area contributed by atoms with Crippen molar-refractivity contribution < 1.29 is 9.53 Å². The molecule has 0 amide bonds. The van der Waals surface area contributed by atoms with Crippen molar-refractivity contribution >= 4 is 21.9 Å². The van der Waals surface area contributed by atoms with E-state index in [0.29, 0.717) is 11.4 Å². The maximum atomic E-state index is 10.7. The van der Waals surface area contributed by atoms with E-state index >= 15 is 0 Å². The average molecular weight is 303 g/mol. The molecule has 1 unspecified atom stereocenters. The highest BCUT2D eigenvalue weighted by Crippen LogP contribution is 2.45. The first-order valence-corrected chi connectivity index (χ1v) is 7.23. The van der Waals surface area contributed by atoms with Crippen LogP contribution < -0.4 is 0 Å². The van der Waals surface area contributed by atoms with Crippen LogP contribution in [0.4, 0.5) is 0 Å². The number of hydrogen-bond donors (Lipinski definition) is 0. The molecule has 0 N–H and O–H groups in total. The van der Waals surface area contributed by atoms with Gasteiger partial charge in [0, 0.05) is 11.8 Å². The fourth-order valence-electron chi connectivity index (χ4n) is 2.59. The van der Waals surface area contributed by atoms with Crippen molar-refractivity contribution in [2.75, 3.05) is 6.61 Å². The Labute approximate surface area is 113 Å². The van der Waals surface area contributed by atoms with E-state index in [0.717, 1.165) is 12.8 Å². The fraction of sp³-hybridized carbons (Fsp3) is 0.786. The second kappa shape index (κ2) is 6.03. The normalized spacial score (nSPS) is 23.7. The lowest BCUT2D eigenvalue weighted by molar-refractivity contribution is -0.141. The van der Waals surface area contributed by atoms with Crippen LogP contribution in [-0.4, -0.2) is 17.4 Å². The summed E-state index contributed by atoms with van der Waals surface area (Å²) in [5, 5.41) is 0. The molecule has 0 spiro atoms. The van der Waals surface area contributed by atoms with Crippen molar-refractivity contribution in [2.45, 2.75) is 58.2 Å². The van der Waals surface area contributed by atoms with E-state index in [9.17, 15) is 4.79 Å². The highest BCUT2D eigenvalue weighted by molar-refractivity contribution is 9.09. The van der Waals surface area contributed by atoms with Crippen LogP contribution in [-0.2, 0) is 9.53 Å². The standard InChI is InChI=1S/C14H23BrO2/c1-10-7-8-13(15)14(3,4)12(10)6-5-9-17-11(2)16/h13H,5-9H2,1-4H3. The number of ether oxygens (including phenoxy) is 1. The van der Waals surface area contributed by atoms with Gasteiger partial charge in [-0.3, -0.25) is 4.79 Å². The molecule has 0 aromatic carbocycles. The van der Waals surface area contributed by atoms with Crippen LogP contribution in [0.1, 0.15) is 53.4 Å². The van der Waals surface area contributed by atoms with Crippen molar-refractivity contribution in [1.29, 1.82) is 0 Å². The van der Waals surface area contributed by atoms with Gasteiger partial charge in [0.2, 0.25) is 0 Å². The van der Waals surface area contributed by atoms with Crippen molar-refractivity contribution in [1.82, 2.24) is 0 Å². The maximum absolute atomic E-state index is 10.7. The minimum Gasteiger partial charge on any atom is -0.466 e. The van der Waals surface area contributed by atoms with E-state index in [1.165, 1.54) is 30.9 Å². The molecular weight excluding hydrogens is 280 g/mol. The van der Waals surface area contributed by atoms with Gasteiger partial charge in [0.1, 0.15) is 0 Å². The molecule has 0 fully saturated rings. The van der Waals surface area contributed by atoms with Crippen LogP contribution in [0.25, 0.3) is 0 Å². The van der Waals surface area contributed by atoms with E-state index < -0.39 is 0 Å².